The summed E-state index contributed by atoms with van der Waals surface area (Å²) in [6.45, 7) is 0. The zero-order chi connectivity index (χ0) is 15.5. The van der Waals surface area contributed by atoms with Crippen molar-refractivity contribution < 1.29 is 17.5 Å². The number of nitrogens with zero attached hydrogens (tertiary/aromatic N) is 2. The van der Waals surface area contributed by atoms with Crippen LogP contribution in [0.25, 0.3) is 0 Å². The van der Waals surface area contributed by atoms with Gasteiger partial charge in [-0.2, -0.15) is 12.7 Å². The maximum Gasteiger partial charge on any atom is 0.385 e. The van der Waals surface area contributed by atoms with E-state index in [1.165, 1.54) is 35.6 Å². The van der Waals surface area contributed by atoms with E-state index in [0.717, 1.165) is 32.1 Å². The first-order chi connectivity index (χ1) is 9.90. The smallest absolute Gasteiger partial charge is 0.371 e. The number of hydrogen-bond donors (Lipinski definition) is 0. The molecular formula is C13H18N2O5S. The second-order valence-electron chi connectivity index (χ2n) is 5.10. The van der Waals surface area contributed by atoms with Crippen molar-refractivity contribution in [3.8, 4) is 5.75 Å². The monoisotopic (exact) mass is 314 g/mol. The first-order valence-corrected chi connectivity index (χ1v) is 8.18. The van der Waals surface area contributed by atoms with Crippen LogP contribution in [0.5, 0.6) is 5.75 Å². The van der Waals surface area contributed by atoms with Gasteiger partial charge in [0.15, 0.2) is 0 Å². The zero-order valence-electron chi connectivity index (χ0n) is 11.8. The minimum atomic E-state index is -3.88. The predicted molar refractivity (Wildman–Crippen MR) is 77.3 cm³/mol. The highest BCUT2D eigenvalue weighted by molar-refractivity contribution is 7.84. The van der Waals surface area contributed by atoms with Gasteiger partial charge in [-0.25, -0.2) is 0 Å². The highest BCUT2D eigenvalue weighted by Crippen LogP contribution is 2.25. The van der Waals surface area contributed by atoms with Gasteiger partial charge in [-0.15, -0.1) is 0 Å². The Morgan fingerprint density at radius 2 is 1.76 bits per heavy atom. The molecule has 0 N–H and O–H groups in total. The fraction of sp³-hybridized carbons (Fsp3) is 0.538. The molecule has 1 aromatic carbocycles. The molecule has 0 saturated heterocycles. The topological polar surface area (TPSA) is 89.8 Å². The van der Waals surface area contributed by atoms with Crippen LogP contribution in [0.15, 0.2) is 24.3 Å². The lowest BCUT2D eigenvalue weighted by Gasteiger charge is -2.29. The van der Waals surface area contributed by atoms with Crippen LogP contribution < -0.4 is 4.18 Å². The van der Waals surface area contributed by atoms with E-state index in [9.17, 15) is 18.5 Å². The van der Waals surface area contributed by atoms with Crippen LogP contribution in [0.2, 0.25) is 0 Å². The molecular weight excluding hydrogens is 296 g/mol. The van der Waals surface area contributed by atoms with Crippen molar-refractivity contribution >= 4 is 16.0 Å². The summed E-state index contributed by atoms with van der Waals surface area (Å²) in [7, 11) is -2.37. The average molecular weight is 314 g/mol. The third-order valence-electron chi connectivity index (χ3n) is 3.69. The molecule has 1 aliphatic rings. The number of nitro groups is 1. The minimum Gasteiger partial charge on any atom is -0.371 e. The van der Waals surface area contributed by atoms with Crippen molar-refractivity contribution in [1.82, 2.24) is 4.31 Å². The maximum atomic E-state index is 12.2. The van der Waals surface area contributed by atoms with Crippen LogP contribution >= 0.6 is 0 Å². The molecule has 0 amide bonds. The number of hydrogen-bond acceptors (Lipinski definition) is 5. The summed E-state index contributed by atoms with van der Waals surface area (Å²) in [5, 5.41) is 10.6. The Morgan fingerprint density at radius 1 is 1.19 bits per heavy atom. The second kappa shape index (κ2) is 6.40. The SMILES string of the molecule is CN(C1CCCCC1)S(=O)(=O)Oc1ccc([N+](=O)[O-])cc1. The van der Waals surface area contributed by atoms with Crippen molar-refractivity contribution in [2.75, 3.05) is 7.05 Å². The molecule has 1 aliphatic carbocycles. The van der Waals surface area contributed by atoms with Gasteiger partial charge < -0.3 is 4.18 Å². The number of benzene rings is 1. The van der Waals surface area contributed by atoms with Crippen LogP contribution in [0.1, 0.15) is 32.1 Å². The van der Waals surface area contributed by atoms with Gasteiger partial charge >= 0.3 is 10.3 Å². The Balaban J connectivity index is 2.07. The van der Waals surface area contributed by atoms with Gasteiger partial charge in [0.2, 0.25) is 0 Å². The van der Waals surface area contributed by atoms with E-state index in [2.05, 4.69) is 0 Å². The Kier molecular flexibility index (Phi) is 4.79. The average Bonchev–Trinajstić information content (AvgIpc) is 2.47. The van der Waals surface area contributed by atoms with Crippen molar-refractivity contribution in [2.45, 2.75) is 38.1 Å². The van der Waals surface area contributed by atoms with Gasteiger partial charge in [0.25, 0.3) is 5.69 Å². The Labute approximate surface area is 123 Å². The first-order valence-electron chi connectivity index (χ1n) is 6.82. The molecule has 21 heavy (non-hydrogen) atoms. The van der Waals surface area contributed by atoms with Crippen LogP contribution in [-0.2, 0) is 10.3 Å². The van der Waals surface area contributed by atoms with Gasteiger partial charge in [-0.05, 0) is 25.0 Å². The molecule has 8 heteroatoms. The van der Waals surface area contributed by atoms with Crippen molar-refractivity contribution in [1.29, 1.82) is 0 Å². The van der Waals surface area contributed by atoms with Gasteiger partial charge in [-0.1, -0.05) is 19.3 Å². The normalized spacial score (nSPS) is 16.9. The largest absolute Gasteiger partial charge is 0.385 e. The molecule has 2 rings (SSSR count). The standard InChI is InChI=1S/C13H18N2O5S/c1-14(11-5-3-2-4-6-11)21(18,19)20-13-9-7-12(8-10-13)15(16)17/h7-11H,2-6H2,1H3. The van der Waals surface area contributed by atoms with Crippen LogP contribution in [0.4, 0.5) is 5.69 Å². The van der Waals surface area contributed by atoms with Crippen molar-refractivity contribution in [3.63, 3.8) is 0 Å². The highest BCUT2D eigenvalue weighted by atomic mass is 32.2. The molecule has 0 aromatic heterocycles. The lowest BCUT2D eigenvalue weighted by Crippen LogP contribution is -2.40. The van der Waals surface area contributed by atoms with Crippen LogP contribution in [0.3, 0.4) is 0 Å². The van der Waals surface area contributed by atoms with Gasteiger partial charge in [-0.3, -0.25) is 10.1 Å². The Morgan fingerprint density at radius 3 is 2.29 bits per heavy atom. The lowest BCUT2D eigenvalue weighted by atomic mass is 9.96. The molecule has 0 unspecified atom stereocenters. The van der Waals surface area contributed by atoms with Gasteiger partial charge in [0.1, 0.15) is 5.75 Å². The van der Waals surface area contributed by atoms with Gasteiger partial charge in [0.05, 0.1) is 4.92 Å². The number of nitro benzene ring substituents is 1. The summed E-state index contributed by atoms with van der Waals surface area (Å²) in [6, 6.07) is 4.95. The first kappa shape index (κ1) is 15.7. The Hall–Kier alpha value is -1.67. The summed E-state index contributed by atoms with van der Waals surface area (Å²) in [5.74, 6) is 0.0725. The quantitative estimate of drug-likeness (QED) is 0.615. The molecule has 0 atom stereocenters. The van der Waals surface area contributed by atoms with Gasteiger partial charge in [0, 0.05) is 25.2 Å². The third kappa shape index (κ3) is 3.92. The predicted octanol–water partition coefficient (Wildman–Crippen LogP) is 2.48. The van der Waals surface area contributed by atoms with E-state index in [4.69, 9.17) is 4.18 Å². The number of non-ortho nitro benzene ring substituents is 1. The number of rotatable bonds is 5. The summed E-state index contributed by atoms with van der Waals surface area (Å²) in [4.78, 5) is 10.0. The summed E-state index contributed by atoms with van der Waals surface area (Å²) in [5.41, 5.74) is -0.111. The summed E-state index contributed by atoms with van der Waals surface area (Å²) in [6.07, 6.45) is 4.83. The molecule has 0 aliphatic heterocycles. The van der Waals surface area contributed by atoms with Crippen molar-refractivity contribution in [2.24, 2.45) is 0 Å². The summed E-state index contributed by atoms with van der Waals surface area (Å²) >= 11 is 0. The summed E-state index contributed by atoms with van der Waals surface area (Å²) < 4.78 is 30.7. The fourth-order valence-corrected chi connectivity index (χ4v) is 3.48. The molecule has 0 radical (unpaired) electrons. The fourth-order valence-electron chi connectivity index (χ4n) is 2.43. The minimum absolute atomic E-state index is 0.0400. The molecule has 1 fully saturated rings. The zero-order valence-corrected chi connectivity index (χ0v) is 12.6. The molecule has 0 bridgehead atoms. The molecule has 1 saturated carbocycles. The third-order valence-corrected chi connectivity index (χ3v) is 5.10. The van der Waals surface area contributed by atoms with E-state index >= 15 is 0 Å². The van der Waals surface area contributed by atoms with E-state index in [1.54, 1.807) is 0 Å². The molecule has 1 aromatic rings. The second-order valence-corrected chi connectivity index (χ2v) is 6.70. The van der Waals surface area contributed by atoms with E-state index in [1.807, 2.05) is 0 Å². The van der Waals surface area contributed by atoms with E-state index in [-0.39, 0.29) is 17.5 Å². The molecule has 0 spiro atoms. The van der Waals surface area contributed by atoms with Crippen molar-refractivity contribution in [3.05, 3.63) is 34.4 Å². The van der Waals surface area contributed by atoms with Crippen LogP contribution in [0, 0.1) is 10.1 Å². The van der Waals surface area contributed by atoms with E-state index < -0.39 is 15.2 Å². The maximum absolute atomic E-state index is 12.2. The molecule has 7 nitrogen and oxygen atoms in total. The lowest BCUT2D eigenvalue weighted by molar-refractivity contribution is -0.384. The Bertz CT molecular complexity index is 593. The highest BCUT2D eigenvalue weighted by Gasteiger charge is 2.29. The molecule has 0 heterocycles. The van der Waals surface area contributed by atoms with E-state index in [0.29, 0.717) is 0 Å². The van der Waals surface area contributed by atoms with Crippen LogP contribution in [-0.4, -0.2) is 30.7 Å². The molecule has 116 valence electrons.